The van der Waals surface area contributed by atoms with E-state index in [9.17, 15) is 4.79 Å². The summed E-state index contributed by atoms with van der Waals surface area (Å²) in [5.74, 6) is 0.749. The molecule has 1 saturated heterocycles. The summed E-state index contributed by atoms with van der Waals surface area (Å²) in [7, 11) is 0. The normalized spacial score (nSPS) is 25.4. The number of carbonyl (C=O) groups excluding carboxylic acids is 1. The van der Waals surface area contributed by atoms with Gasteiger partial charge in [0.25, 0.3) is 0 Å². The molecule has 4 heteroatoms. The Morgan fingerprint density at radius 3 is 2.20 bits per heavy atom. The monoisotopic (exact) mass is 302 g/mol. The molecule has 0 aromatic heterocycles. The summed E-state index contributed by atoms with van der Waals surface area (Å²) in [5.41, 5.74) is 5.71. The largest absolute Gasteiger partial charge is 0.339 e. The van der Waals surface area contributed by atoms with Gasteiger partial charge in [0.05, 0.1) is 0 Å². The highest BCUT2D eigenvalue weighted by Crippen LogP contribution is 2.28. The molecule has 2 aliphatic rings. The van der Waals surface area contributed by atoms with Crippen LogP contribution in [0.5, 0.6) is 0 Å². The highest BCUT2D eigenvalue weighted by atomic mass is 35.5. The summed E-state index contributed by atoms with van der Waals surface area (Å²) >= 11 is 0. The Morgan fingerprint density at radius 2 is 1.55 bits per heavy atom. The number of nitrogens with two attached hydrogens (primary N) is 1. The fraction of sp³-hybridized carbons (Fsp3) is 0.938. The molecular weight excluding hydrogens is 272 g/mol. The summed E-state index contributed by atoms with van der Waals surface area (Å²) in [5, 5.41) is 0. The lowest BCUT2D eigenvalue weighted by Crippen LogP contribution is -2.47. The maximum absolute atomic E-state index is 12.8. The van der Waals surface area contributed by atoms with Crippen molar-refractivity contribution in [2.75, 3.05) is 13.1 Å². The van der Waals surface area contributed by atoms with E-state index in [-0.39, 0.29) is 12.4 Å². The van der Waals surface area contributed by atoms with E-state index in [4.69, 9.17) is 5.73 Å². The van der Waals surface area contributed by atoms with Crippen molar-refractivity contribution in [3.05, 3.63) is 0 Å². The number of hydrogen-bond acceptors (Lipinski definition) is 2. The Labute approximate surface area is 130 Å². The first-order chi connectivity index (χ1) is 9.33. The summed E-state index contributed by atoms with van der Waals surface area (Å²) in [6.45, 7) is 1.68. The molecule has 2 rings (SSSR count). The maximum Gasteiger partial charge on any atom is 0.225 e. The SMILES string of the molecule is Cl.NCCC1CCCCN1C(=O)C1CCCCCCC1. The van der Waals surface area contributed by atoms with Gasteiger partial charge in [0.1, 0.15) is 0 Å². The molecule has 1 atom stereocenters. The first-order valence-electron chi connectivity index (χ1n) is 8.33. The van der Waals surface area contributed by atoms with E-state index in [0.717, 1.165) is 32.2 Å². The number of nitrogens with zero attached hydrogens (tertiary/aromatic N) is 1. The molecule has 20 heavy (non-hydrogen) atoms. The minimum absolute atomic E-state index is 0. The highest BCUT2D eigenvalue weighted by molar-refractivity contribution is 5.85. The standard InChI is InChI=1S/C16H30N2O.ClH/c17-12-11-15-10-6-7-13-18(15)16(19)14-8-4-2-1-3-5-9-14;/h14-15H,1-13,17H2;1H. The van der Waals surface area contributed by atoms with Crippen LogP contribution in [0.15, 0.2) is 0 Å². The Bertz CT molecular complexity index is 276. The highest BCUT2D eigenvalue weighted by Gasteiger charge is 2.30. The molecule has 0 radical (unpaired) electrons. The summed E-state index contributed by atoms with van der Waals surface area (Å²) < 4.78 is 0. The van der Waals surface area contributed by atoms with E-state index < -0.39 is 0 Å². The van der Waals surface area contributed by atoms with Crippen LogP contribution in [0.1, 0.15) is 70.6 Å². The quantitative estimate of drug-likeness (QED) is 0.867. The Hall–Kier alpha value is -0.280. The first-order valence-corrected chi connectivity index (χ1v) is 8.33. The fourth-order valence-corrected chi connectivity index (χ4v) is 3.72. The third-order valence-electron chi connectivity index (χ3n) is 4.86. The van der Waals surface area contributed by atoms with Gasteiger partial charge in [0.15, 0.2) is 0 Å². The second-order valence-corrected chi connectivity index (χ2v) is 6.30. The summed E-state index contributed by atoms with van der Waals surface area (Å²) in [6.07, 6.45) is 13.3. The molecule has 1 amide bonds. The van der Waals surface area contributed by atoms with Crippen molar-refractivity contribution in [2.24, 2.45) is 11.7 Å². The number of amides is 1. The van der Waals surface area contributed by atoms with Crippen LogP contribution in [-0.4, -0.2) is 29.9 Å². The van der Waals surface area contributed by atoms with Crippen molar-refractivity contribution in [3.8, 4) is 0 Å². The molecule has 1 saturated carbocycles. The minimum atomic E-state index is 0. The summed E-state index contributed by atoms with van der Waals surface area (Å²) in [6, 6.07) is 0.427. The van der Waals surface area contributed by atoms with Crippen molar-refractivity contribution < 1.29 is 4.79 Å². The van der Waals surface area contributed by atoms with Gasteiger partial charge in [-0.05, 0) is 45.1 Å². The number of hydrogen-bond donors (Lipinski definition) is 1. The molecule has 0 aromatic rings. The molecule has 3 nitrogen and oxygen atoms in total. The maximum atomic E-state index is 12.8. The predicted molar refractivity (Wildman–Crippen MR) is 86.1 cm³/mol. The van der Waals surface area contributed by atoms with Crippen molar-refractivity contribution in [1.82, 2.24) is 4.90 Å². The molecule has 0 aromatic carbocycles. The van der Waals surface area contributed by atoms with Gasteiger partial charge in [-0.2, -0.15) is 0 Å². The second kappa shape index (κ2) is 9.62. The third-order valence-corrected chi connectivity index (χ3v) is 4.86. The van der Waals surface area contributed by atoms with Crippen LogP contribution >= 0.6 is 12.4 Å². The van der Waals surface area contributed by atoms with Crippen LogP contribution in [0.3, 0.4) is 0 Å². The van der Waals surface area contributed by atoms with Crippen LogP contribution in [-0.2, 0) is 4.79 Å². The van der Waals surface area contributed by atoms with E-state index >= 15 is 0 Å². The second-order valence-electron chi connectivity index (χ2n) is 6.30. The van der Waals surface area contributed by atoms with Crippen LogP contribution < -0.4 is 5.73 Å². The van der Waals surface area contributed by atoms with Gasteiger partial charge in [0.2, 0.25) is 5.91 Å². The van der Waals surface area contributed by atoms with Crippen molar-refractivity contribution in [3.63, 3.8) is 0 Å². The molecule has 1 aliphatic carbocycles. The molecule has 0 spiro atoms. The molecule has 1 aliphatic heterocycles. The smallest absolute Gasteiger partial charge is 0.225 e. The number of piperidine rings is 1. The lowest BCUT2D eigenvalue weighted by Gasteiger charge is -2.38. The zero-order valence-corrected chi connectivity index (χ0v) is 13.5. The van der Waals surface area contributed by atoms with Gasteiger partial charge in [-0.1, -0.05) is 32.1 Å². The van der Waals surface area contributed by atoms with Crippen LogP contribution in [0, 0.1) is 5.92 Å². The van der Waals surface area contributed by atoms with Gasteiger partial charge in [-0.3, -0.25) is 4.79 Å². The number of likely N-dealkylation sites (tertiary alicyclic amines) is 1. The average Bonchev–Trinajstić information content (AvgIpc) is 2.39. The molecule has 118 valence electrons. The van der Waals surface area contributed by atoms with Crippen molar-refractivity contribution >= 4 is 18.3 Å². The fourth-order valence-electron chi connectivity index (χ4n) is 3.72. The zero-order valence-electron chi connectivity index (χ0n) is 12.7. The van der Waals surface area contributed by atoms with Gasteiger partial charge in [-0.25, -0.2) is 0 Å². The van der Waals surface area contributed by atoms with E-state index in [1.54, 1.807) is 0 Å². The Kier molecular flexibility index (Phi) is 8.55. The minimum Gasteiger partial charge on any atom is -0.339 e. The van der Waals surface area contributed by atoms with Gasteiger partial charge < -0.3 is 10.6 Å². The Morgan fingerprint density at radius 1 is 0.950 bits per heavy atom. The zero-order chi connectivity index (χ0) is 13.5. The van der Waals surface area contributed by atoms with E-state index in [2.05, 4.69) is 4.90 Å². The Balaban J connectivity index is 0.00000200. The first kappa shape index (κ1) is 17.8. The van der Waals surface area contributed by atoms with Crippen molar-refractivity contribution in [1.29, 1.82) is 0 Å². The van der Waals surface area contributed by atoms with Crippen LogP contribution in [0.2, 0.25) is 0 Å². The average molecular weight is 303 g/mol. The van der Waals surface area contributed by atoms with E-state index in [1.807, 2.05) is 0 Å². The summed E-state index contributed by atoms with van der Waals surface area (Å²) in [4.78, 5) is 15.0. The van der Waals surface area contributed by atoms with Gasteiger partial charge >= 0.3 is 0 Å². The lowest BCUT2D eigenvalue weighted by molar-refractivity contribution is -0.140. The molecule has 2 N–H and O–H groups in total. The number of carbonyl (C=O) groups is 1. The van der Waals surface area contributed by atoms with Crippen LogP contribution in [0.25, 0.3) is 0 Å². The van der Waals surface area contributed by atoms with Gasteiger partial charge in [-0.15, -0.1) is 12.4 Å². The molecule has 1 heterocycles. The predicted octanol–water partition coefficient (Wildman–Crippen LogP) is 3.50. The molecule has 1 unspecified atom stereocenters. The number of halogens is 1. The number of rotatable bonds is 3. The van der Waals surface area contributed by atoms with Crippen molar-refractivity contribution in [2.45, 2.75) is 76.7 Å². The molecule has 2 fully saturated rings. The molecular formula is C16H31ClN2O. The third kappa shape index (κ3) is 4.92. The van der Waals surface area contributed by atoms with Gasteiger partial charge in [0, 0.05) is 18.5 Å². The lowest BCUT2D eigenvalue weighted by atomic mass is 9.88. The van der Waals surface area contributed by atoms with Crippen LogP contribution in [0.4, 0.5) is 0 Å². The van der Waals surface area contributed by atoms with E-state index in [1.165, 1.54) is 44.9 Å². The topological polar surface area (TPSA) is 46.3 Å². The molecule has 0 bridgehead atoms. The van der Waals surface area contributed by atoms with E-state index in [0.29, 0.717) is 24.4 Å².